The summed E-state index contributed by atoms with van der Waals surface area (Å²) in [6.45, 7) is 0. The lowest BCUT2D eigenvalue weighted by Crippen LogP contribution is -2.11. The molecule has 0 saturated heterocycles. The van der Waals surface area contributed by atoms with E-state index >= 15 is 0 Å². The van der Waals surface area contributed by atoms with Crippen molar-refractivity contribution in [1.29, 1.82) is 0 Å². The van der Waals surface area contributed by atoms with Crippen LogP contribution in [0, 0.1) is 0 Å². The molecule has 0 atom stereocenters. The molecule has 3 fully saturated rings. The van der Waals surface area contributed by atoms with Crippen molar-refractivity contribution in [3.05, 3.63) is 89.5 Å². The summed E-state index contributed by atoms with van der Waals surface area (Å²) in [5.41, 5.74) is 3.93. The van der Waals surface area contributed by atoms with Gasteiger partial charge in [0.1, 0.15) is 17.2 Å². The van der Waals surface area contributed by atoms with Crippen molar-refractivity contribution < 1.29 is 13.6 Å². The van der Waals surface area contributed by atoms with Crippen molar-refractivity contribution in [2.75, 3.05) is 0 Å². The fraction of sp³-hybridized carbons (Fsp3) is 0.500. The van der Waals surface area contributed by atoms with Crippen molar-refractivity contribution in [2.45, 2.75) is 114 Å². The summed E-state index contributed by atoms with van der Waals surface area (Å²) in [4.78, 5) is 0. The quantitative estimate of drug-likeness (QED) is 0.245. The highest BCUT2D eigenvalue weighted by Crippen LogP contribution is 2.50. The summed E-state index contributed by atoms with van der Waals surface area (Å²) in [5, 5.41) is 0. The molecule has 3 nitrogen and oxygen atoms in total. The Hall–Kier alpha value is -2.51. The molecule has 4 heteroatoms. The largest absolute Gasteiger partial charge is 0.530 e. The van der Waals surface area contributed by atoms with Crippen molar-refractivity contribution >= 4 is 8.60 Å². The Bertz CT molecular complexity index is 1060. The lowest BCUT2D eigenvalue weighted by atomic mass is 9.84. The number of para-hydroxylation sites is 3. The second kappa shape index (κ2) is 13.9. The zero-order valence-electron chi connectivity index (χ0n) is 23.9. The fourth-order valence-corrected chi connectivity index (χ4v) is 8.33. The molecule has 3 aliphatic carbocycles. The van der Waals surface area contributed by atoms with Crippen LogP contribution >= 0.6 is 8.60 Å². The molecule has 0 aromatic heterocycles. The predicted molar refractivity (Wildman–Crippen MR) is 166 cm³/mol. The zero-order chi connectivity index (χ0) is 27.0. The van der Waals surface area contributed by atoms with E-state index in [0.29, 0.717) is 17.8 Å². The van der Waals surface area contributed by atoms with Crippen LogP contribution in [0.15, 0.2) is 72.8 Å². The molecule has 3 aromatic rings. The molecule has 0 radical (unpaired) electrons. The summed E-state index contributed by atoms with van der Waals surface area (Å²) in [6.07, 6.45) is 19.2. The Morgan fingerprint density at radius 1 is 0.375 bits per heavy atom. The fourth-order valence-electron chi connectivity index (χ4n) is 7.24. The van der Waals surface area contributed by atoms with E-state index in [4.69, 9.17) is 13.6 Å². The molecule has 3 saturated carbocycles. The average molecular weight is 557 g/mol. The zero-order valence-corrected chi connectivity index (χ0v) is 24.8. The molecule has 3 aliphatic rings. The lowest BCUT2D eigenvalue weighted by molar-refractivity contribution is 0.366. The highest BCUT2D eigenvalue weighted by molar-refractivity contribution is 7.43. The monoisotopic (exact) mass is 556 g/mol. The number of benzene rings is 3. The van der Waals surface area contributed by atoms with Gasteiger partial charge in [-0.2, -0.15) is 0 Å². The SMILES string of the molecule is c1ccc(C2CCCCC2)c(OP(Oc2ccccc2C2CCCCC2)Oc2ccccc2C2CCCCC2)c1. The lowest BCUT2D eigenvalue weighted by Gasteiger charge is -2.28. The summed E-state index contributed by atoms with van der Waals surface area (Å²) in [7, 11) is -1.70. The maximum absolute atomic E-state index is 6.81. The van der Waals surface area contributed by atoms with Gasteiger partial charge in [-0.1, -0.05) is 112 Å². The highest BCUT2D eigenvalue weighted by Gasteiger charge is 2.29. The Kier molecular flexibility index (Phi) is 9.61. The molecule has 40 heavy (non-hydrogen) atoms. The molecule has 0 aliphatic heterocycles. The molecule has 3 aromatic carbocycles. The van der Waals surface area contributed by atoms with E-state index in [-0.39, 0.29) is 0 Å². The van der Waals surface area contributed by atoms with Gasteiger partial charge in [0.2, 0.25) is 0 Å². The number of rotatable bonds is 9. The molecular weight excluding hydrogens is 511 g/mol. The van der Waals surface area contributed by atoms with Crippen molar-refractivity contribution in [2.24, 2.45) is 0 Å². The summed E-state index contributed by atoms with van der Waals surface area (Å²) >= 11 is 0. The normalized spacial score (nSPS) is 19.4. The first kappa shape index (κ1) is 27.6. The van der Waals surface area contributed by atoms with E-state index in [0.717, 1.165) is 17.2 Å². The second-order valence-electron chi connectivity index (χ2n) is 12.1. The summed E-state index contributed by atoms with van der Waals surface area (Å²) in [5.74, 6) is 4.41. The van der Waals surface area contributed by atoms with Gasteiger partial charge in [-0.3, -0.25) is 0 Å². The molecule has 0 N–H and O–H groups in total. The van der Waals surface area contributed by atoms with Crippen LogP contribution in [0.1, 0.15) is 131 Å². The third-order valence-corrected chi connectivity index (χ3v) is 10.4. The van der Waals surface area contributed by atoms with Gasteiger partial charge < -0.3 is 13.6 Å². The van der Waals surface area contributed by atoms with Crippen molar-refractivity contribution in [3.8, 4) is 17.2 Å². The summed E-state index contributed by atoms with van der Waals surface area (Å²) in [6, 6.07) is 25.8. The number of hydrogen-bond donors (Lipinski definition) is 0. The molecular formula is C36H45O3P. The van der Waals surface area contributed by atoms with Crippen LogP contribution in [0.25, 0.3) is 0 Å². The third kappa shape index (κ3) is 6.85. The van der Waals surface area contributed by atoms with E-state index in [1.165, 1.54) is 113 Å². The van der Waals surface area contributed by atoms with Crippen LogP contribution in [-0.2, 0) is 0 Å². The third-order valence-electron chi connectivity index (χ3n) is 9.41. The van der Waals surface area contributed by atoms with Crippen LogP contribution in [0.4, 0.5) is 0 Å². The molecule has 0 bridgehead atoms. The Balaban J connectivity index is 1.31. The topological polar surface area (TPSA) is 27.7 Å². The van der Waals surface area contributed by atoms with Gasteiger partial charge in [0.15, 0.2) is 0 Å². The van der Waals surface area contributed by atoms with Crippen LogP contribution in [0.2, 0.25) is 0 Å². The van der Waals surface area contributed by atoms with E-state index in [2.05, 4.69) is 72.8 Å². The first-order valence-electron chi connectivity index (χ1n) is 16.0. The first-order chi connectivity index (χ1) is 19.8. The van der Waals surface area contributed by atoms with Gasteiger partial charge in [0.05, 0.1) is 0 Å². The van der Waals surface area contributed by atoms with Gasteiger partial charge in [0.25, 0.3) is 0 Å². The Morgan fingerprint density at radius 3 is 0.950 bits per heavy atom. The predicted octanol–water partition coefficient (Wildman–Crippen LogP) is 11.6. The van der Waals surface area contributed by atoms with E-state index in [9.17, 15) is 0 Å². The molecule has 0 amide bonds. The van der Waals surface area contributed by atoms with Crippen LogP contribution in [0.5, 0.6) is 17.2 Å². The van der Waals surface area contributed by atoms with Gasteiger partial charge >= 0.3 is 8.60 Å². The molecule has 212 valence electrons. The first-order valence-corrected chi connectivity index (χ1v) is 17.1. The molecule has 0 spiro atoms. The maximum atomic E-state index is 6.81. The van der Waals surface area contributed by atoms with Crippen LogP contribution < -0.4 is 13.6 Å². The standard InChI is InChI=1S/C36H45O3P/c1-4-16-28(17-5-1)31-22-10-13-25-34(31)37-40(38-35-26-14-11-23-32(35)29-18-6-2-7-19-29)39-36-27-15-12-24-33(36)30-20-8-3-9-21-30/h10-15,22-30H,1-9,16-21H2. The minimum atomic E-state index is -1.70. The van der Waals surface area contributed by atoms with Gasteiger partial charge in [-0.05, 0) is 91.2 Å². The Morgan fingerprint density at radius 2 is 0.650 bits per heavy atom. The number of hydrogen-bond acceptors (Lipinski definition) is 3. The van der Waals surface area contributed by atoms with Gasteiger partial charge in [0, 0.05) is 0 Å². The maximum Gasteiger partial charge on any atom is 0.530 e. The molecule has 6 rings (SSSR count). The van der Waals surface area contributed by atoms with Crippen LogP contribution in [-0.4, -0.2) is 0 Å². The van der Waals surface area contributed by atoms with Crippen molar-refractivity contribution in [3.63, 3.8) is 0 Å². The average Bonchev–Trinajstić information content (AvgIpc) is 3.03. The minimum absolute atomic E-state index is 0.547. The highest BCUT2D eigenvalue weighted by atomic mass is 31.2. The van der Waals surface area contributed by atoms with E-state index in [1.807, 2.05) is 0 Å². The van der Waals surface area contributed by atoms with E-state index < -0.39 is 8.60 Å². The van der Waals surface area contributed by atoms with E-state index in [1.54, 1.807) is 0 Å². The molecule has 0 unspecified atom stereocenters. The minimum Gasteiger partial charge on any atom is -0.408 e. The smallest absolute Gasteiger partial charge is 0.408 e. The second-order valence-corrected chi connectivity index (χ2v) is 13.1. The van der Waals surface area contributed by atoms with Crippen LogP contribution in [0.3, 0.4) is 0 Å². The van der Waals surface area contributed by atoms with Gasteiger partial charge in [-0.15, -0.1) is 0 Å². The molecule has 0 heterocycles. The van der Waals surface area contributed by atoms with Gasteiger partial charge in [-0.25, -0.2) is 0 Å². The van der Waals surface area contributed by atoms with Crippen molar-refractivity contribution in [1.82, 2.24) is 0 Å². The Labute approximate surface area is 242 Å². The summed E-state index contributed by atoms with van der Waals surface area (Å²) < 4.78 is 20.4.